The average molecular weight is 320 g/mol. The average Bonchev–Trinajstić information content (AvgIpc) is 2.58. The number of alkyl halides is 1. The maximum Gasteiger partial charge on any atom is 0.355 e. The van der Waals surface area contributed by atoms with Crippen LogP contribution in [0.1, 0.15) is 16.9 Å². The van der Waals surface area contributed by atoms with Crippen LogP contribution in [0.2, 0.25) is 0 Å². The lowest BCUT2D eigenvalue weighted by Gasteiger charge is -2.15. The van der Waals surface area contributed by atoms with Crippen LogP contribution >= 0.6 is 27.5 Å². The van der Waals surface area contributed by atoms with Crippen molar-refractivity contribution >= 4 is 45.2 Å². The van der Waals surface area contributed by atoms with Gasteiger partial charge in [-0.1, -0.05) is 0 Å². The number of hydrogen-bond acceptors (Lipinski definition) is 3. The molecule has 2 heterocycles. The summed E-state index contributed by atoms with van der Waals surface area (Å²) in [4.78, 5) is 27.8. The Morgan fingerprint density at radius 1 is 1.59 bits per heavy atom. The number of amides is 1. The Balaban J connectivity index is 2.37. The lowest BCUT2D eigenvalue weighted by molar-refractivity contribution is -0.117. The molecule has 1 fully saturated rings. The van der Waals surface area contributed by atoms with Crippen molar-refractivity contribution in [3.63, 3.8) is 0 Å². The molecule has 1 aromatic rings. The SMILES string of the molecule is O=C(O)c1nc(N2CC(Cl)CC2=O)ccc1Br. The summed E-state index contributed by atoms with van der Waals surface area (Å²) in [6, 6.07) is 3.14. The summed E-state index contributed by atoms with van der Waals surface area (Å²) in [5.74, 6) is -0.970. The number of nitrogens with zero attached hydrogens (tertiary/aromatic N) is 2. The Kier molecular flexibility index (Phi) is 3.35. The first-order chi connectivity index (χ1) is 7.99. The topological polar surface area (TPSA) is 70.5 Å². The van der Waals surface area contributed by atoms with Crippen molar-refractivity contribution in [3.05, 3.63) is 22.3 Å². The van der Waals surface area contributed by atoms with E-state index < -0.39 is 5.97 Å². The number of anilines is 1. The predicted molar refractivity (Wildman–Crippen MR) is 65.5 cm³/mol. The molecule has 5 nitrogen and oxygen atoms in total. The minimum Gasteiger partial charge on any atom is -0.476 e. The van der Waals surface area contributed by atoms with Gasteiger partial charge in [-0.3, -0.25) is 9.69 Å². The van der Waals surface area contributed by atoms with E-state index in [1.165, 1.54) is 4.90 Å². The molecule has 0 aliphatic carbocycles. The Hall–Kier alpha value is -1.14. The number of aromatic carboxylic acids is 1. The summed E-state index contributed by atoms with van der Waals surface area (Å²) in [7, 11) is 0. The van der Waals surface area contributed by atoms with Crippen LogP contribution in [0.4, 0.5) is 5.82 Å². The maximum atomic E-state index is 11.6. The molecule has 1 aromatic heterocycles. The minimum absolute atomic E-state index is 0.117. The summed E-state index contributed by atoms with van der Waals surface area (Å²) < 4.78 is 0.378. The number of hydrogen-bond donors (Lipinski definition) is 1. The molecule has 0 radical (unpaired) electrons. The zero-order valence-electron chi connectivity index (χ0n) is 8.56. The van der Waals surface area contributed by atoms with Crippen molar-refractivity contribution in [1.29, 1.82) is 0 Å². The fourth-order valence-electron chi connectivity index (χ4n) is 1.62. The van der Waals surface area contributed by atoms with E-state index in [0.29, 0.717) is 16.8 Å². The second-order valence-corrected chi connectivity index (χ2v) is 5.08. The first-order valence-corrected chi connectivity index (χ1v) is 6.06. The van der Waals surface area contributed by atoms with E-state index in [-0.39, 0.29) is 23.4 Å². The van der Waals surface area contributed by atoms with E-state index in [9.17, 15) is 9.59 Å². The van der Waals surface area contributed by atoms with Gasteiger partial charge in [0.2, 0.25) is 5.91 Å². The Morgan fingerprint density at radius 2 is 2.29 bits per heavy atom. The highest BCUT2D eigenvalue weighted by Crippen LogP contribution is 2.25. The molecule has 90 valence electrons. The van der Waals surface area contributed by atoms with Crippen molar-refractivity contribution in [1.82, 2.24) is 4.98 Å². The third-order valence-electron chi connectivity index (χ3n) is 2.39. The monoisotopic (exact) mass is 318 g/mol. The van der Waals surface area contributed by atoms with Crippen molar-refractivity contribution in [3.8, 4) is 0 Å². The second kappa shape index (κ2) is 4.62. The van der Waals surface area contributed by atoms with E-state index in [1.54, 1.807) is 12.1 Å². The zero-order valence-corrected chi connectivity index (χ0v) is 10.9. The molecule has 1 aliphatic heterocycles. The summed E-state index contributed by atoms with van der Waals surface area (Å²) >= 11 is 8.96. The number of aromatic nitrogens is 1. The van der Waals surface area contributed by atoms with Gasteiger partial charge in [0, 0.05) is 13.0 Å². The third-order valence-corrected chi connectivity index (χ3v) is 3.32. The van der Waals surface area contributed by atoms with Crippen LogP contribution in [0.5, 0.6) is 0 Å². The first kappa shape index (κ1) is 12.3. The van der Waals surface area contributed by atoms with E-state index in [1.807, 2.05) is 0 Å². The molecule has 1 unspecified atom stereocenters. The lowest BCUT2D eigenvalue weighted by Crippen LogP contribution is -2.26. The number of carboxylic acids is 1. The van der Waals surface area contributed by atoms with E-state index in [0.717, 1.165) is 0 Å². The van der Waals surface area contributed by atoms with Crippen LogP contribution in [-0.4, -0.2) is 33.9 Å². The van der Waals surface area contributed by atoms with Crippen LogP contribution in [0.3, 0.4) is 0 Å². The van der Waals surface area contributed by atoms with Crippen molar-refractivity contribution in [2.75, 3.05) is 11.4 Å². The molecule has 0 spiro atoms. The smallest absolute Gasteiger partial charge is 0.355 e. The maximum absolute atomic E-state index is 11.6. The highest BCUT2D eigenvalue weighted by Gasteiger charge is 2.30. The van der Waals surface area contributed by atoms with Gasteiger partial charge in [0.05, 0.1) is 9.85 Å². The highest BCUT2D eigenvalue weighted by atomic mass is 79.9. The highest BCUT2D eigenvalue weighted by molar-refractivity contribution is 9.10. The number of halogens is 2. The normalized spacial score (nSPS) is 19.8. The Morgan fingerprint density at radius 3 is 2.82 bits per heavy atom. The second-order valence-electron chi connectivity index (χ2n) is 3.61. The largest absolute Gasteiger partial charge is 0.476 e. The zero-order chi connectivity index (χ0) is 12.6. The fraction of sp³-hybridized carbons (Fsp3) is 0.300. The number of pyridine rings is 1. The molecular formula is C10H8BrClN2O3. The van der Waals surface area contributed by atoms with Gasteiger partial charge < -0.3 is 5.11 Å². The molecule has 2 rings (SSSR count). The van der Waals surface area contributed by atoms with Gasteiger partial charge in [-0.15, -0.1) is 11.6 Å². The third kappa shape index (κ3) is 2.42. The molecule has 1 amide bonds. The van der Waals surface area contributed by atoms with Gasteiger partial charge in [-0.25, -0.2) is 9.78 Å². The molecule has 1 saturated heterocycles. The quantitative estimate of drug-likeness (QED) is 0.845. The van der Waals surface area contributed by atoms with Gasteiger partial charge in [-0.2, -0.15) is 0 Å². The van der Waals surface area contributed by atoms with Gasteiger partial charge in [-0.05, 0) is 28.1 Å². The van der Waals surface area contributed by atoms with Crippen LogP contribution in [0.25, 0.3) is 0 Å². The molecule has 1 atom stereocenters. The molecule has 1 aliphatic rings. The van der Waals surface area contributed by atoms with E-state index >= 15 is 0 Å². The molecular weight excluding hydrogens is 311 g/mol. The molecule has 7 heteroatoms. The predicted octanol–water partition coefficient (Wildman–Crippen LogP) is 1.89. The van der Waals surface area contributed by atoms with Crippen LogP contribution in [0, 0.1) is 0 Å². The van der Waals surface area contributed by atoms with Gasteiger partial charge in [0.1, 0.15) is 5.82 Å². The molecule has 0 saturated carbocycles. The van der Waals surface area contributed by atoms with Crippen LogP contribution in [0.15, 0.2) is 16.6 Å². The summed E-state index contributed by atoms with van der Waals surface area (Å²) in [6.45, 7) is 0.355. The first-order valence-electron chi connectivity index (χ1n) is 4.83. The number of carbonyl (C=O) groups is 2. The molecule has 1 N–H and O–H groups in total. The summed E-state index contributed by atoms with van der Waals surface area (Å²) in [5, 5.41) is 8.68. The Bertz CT molecular complexity index is 494. The van der Waals surface area contributed by atoms with Crippen molar-refractivity contribution < 1.29 is 14.7 Å². The minimum atomic E-state index is -1.15. The fourth-order valence-corrected chi connectivity index (χ4v) is 2.28. The van der Waals surface area contributed by atoms with Crippen molar-refractivity contribution in [2.45, 2.75) is 11.8 Å². The molecule has 17 heavy (non-hydrogen) atoms. The number of carboxylic acid groups (broad SMARTS) is 1. The summed E-state index contributed by atoms with van der Waals surface area (Å²) in [6.07, 6.45) is 0.252. The van der Waals surface area contributed by atoms with Crippen LogP contribution < -0.4 is 4.90 Å². The van der Waals surface area contributed by atoms with Crippen molar-refractivity contribution in [2.24, 2.45) is 0 Å². The lowest BCUT2D eigenvalue weighted by atomic mass is 10.3. The van der Waals surface area contributed by atoms with E-state index in [4.69, 9.17) is 16.7 Å². The van der Waals surface area contributed by atoms with Gasteiger partial charge in [0.15, 0.2) is 5.69 Å². The number of carbonyl (C=O) groups excluding carboxylic acids is 1. The Labute approximate surface area is 111 Å². The molecule has 0 aromatic carbocycles. The van der Waals surface area contributed by atoms with E-state index in [2.05, 4.69) is 20.9 Å². The number of rotatable bonds is 2. The summed E-state index contributed by atoms with van der Waals surface area (Å²) in [5.41, 5.74) is -0.117. The van der Waals surface area contributed by atoms with Gasteiger partial charge in [0.25, 0.3) is 0 Å². The molecule has 0 bridgehead atoms. The van der Waals surface area contributed by atoms with Crippen LogP contribution in [-0.2, 0) is 4.79 Å². The van der Waals surface area contributed by atoms with Gasteiger partial charge >= 0.3 is 5.97 Å². The standard InChI is InChI=1S/C10H8BrClN2O3/c11-6-1-2-7(13-9(6)10(16)17)14-4-5(12)3-8(14)15/h1-2,5H,3-4H2,(H,16,17).